The number of hydrogen-bond acceptors (Lipinski definition) is 5. The number of fused-ring (bicyclic) bond motifs is 2. The van der Waals surface area contributed by atoms with E-state index in [0.29, 0.717) is 54.3 Å². The maximum atomic E-state index is 13.0. The van der Waals surface area contributed by atoms with Gasteiger partial charge in [0.05, 0.1) is 25.4 Å². The maximum Gasteiger partial charge on any atom is 0.238 e. The van der Waals surface area contributed by atoms with Crippen molar-refractivity contribution < 1.29 is 19.0 Å². The van der Waals surface area contributed by atoms with Crippen molar-refractivity contribution in [1.82, 2.24) is 4.90 Å². The lowest BCUT2D eigenvalue weighted by molar-refractivity contribution is -0.117. The predicted molar refractivity (Wildman–Crippen MR) is 134 cm³/mol. The Hall–Kier alpha value is -3.06. The minimum Gasteiger partial charge on any atom is -0.487 e. The summed E-state index contributed by atoms with van der Waals surface area (Å²) in [5, 5.41) is 3.48. The first kappa shape index (κ1) is 24.1. The Balaban J connectivity index is 1.48. The van der Waals surface area contributed by atoms with Crippen LogP contribution in [-0.2, 0) is 16.0 Å². The number of carbonyl (C=O) groups is 1. The minimum absolute atomic E-state index is 0.133. The van der Waals surface area contributed by atoms with Crippen LogP contribution in [0.3, 0.4) is 0 Å². The van der Waals surface area contributed by atoms with Crippen LogP contribution in [0.1, 0.15) is 12.0 Å². The van der Waals surface area contributed by atoms with Gasteiger partial charge < -0.3 is 19.5 Å². The number of rotatable bonds is 4. The zero-order chi connectivity index (χ0) is 23.6. The van der Waals surface area contributed by atoms with Crippen LogP contribution in [0.15, 0.2) is 72.8 Å². The molecule has 0 aromatic heterocycles. The lowest BCUT2D eigenvalue weighted by Gasteiger charge is -2.22. The number of anilines is 1. The number of benzene rings is 3. The van der Waals surface area contributed by atoms with Gasteiger partial charge >= 0.3 is 0 Å². The van der Waals surface area contributed by atoms with Crippen molar-refractivity contribution in [2.75, 3.05) is 44.8 Å². The molecule has 4 rings (SSSR count). The highest BCUT2D eigenvalue weighted by atomic mass is 35.5. The number of carbonyl (C=O) groups excluding carboxylic acids is 1. The summed E-state index contributed by atoms with van der Waals surface area (Å²) in [6, 6.07) is 23.0. The molecule has 7 heteroatoms. The van der Waals surface area contributed by atoms with E-state index < -0.39 is 0 Å². The molecule has 0 atom stereocenters. The average Bonchev–Trinajstić information content (AvgIpc) is 2.84. The van der Waals surface area contributed by atoms with E-state index in [0.717, 1.165) is 19.4 Å². The molecule has 0 unspecified atom stereocenters. The van der Waals surface area contributed by atoms with Gasteiger partial charge in [0.1, 0.15) is 6.61 Å². The fourth-order valence-corrected chi connectivity index (χ4v) is 3.95. The molecule has 1 N–H and O–H groups in total. The standard InChI is InChI=1S/C27H29ClN2O4/c28-22-12-13-24-23(19-22)29-27(31)20-30(14-6-9-21-7-2-1-3-8-21)15-16-32-17-18-33-25-10-4-5-11-26(25)34-24/h1-5,7-8,10-13,19H,6,9,14-18,20H2,(H,29,31). The highest BCUT2D eigenvalue weighted by Crippen LogP contribution is 2.36. The Morgan fingerprint density at radius 2 is 1.68 bits per heavy atom. The highest BCUT2D eigenvalue weighted by Gasteiger charge is 2.16. The number of nitrogens with one attached hydrogen (secondary N) is 1. The third-order valence-electron chi connectivity index (χ3n) is 5.47. The summed E-state index contributed by atoms with van der Waals surface area (Å²) in [6.07, 6.45) is 1.90. The summed E-state index contributed by atoms with van der Waals surface area (Å²) < 4.78 is 17.8. The summed E-state index contributed by atoms with van der Waals surface area (Å²) >= 11 is 6.22. The molecule has 1 aliphatic heterocycles. The second-order valence-electron chi connectivity index (χ2n) is 8.06. The Morgan fingerprint density at radius 1 is 0.882 bits per heavy atom. The molecule has 3 aromatic carbocycles. The van der Waals surface area contributed by atoms with Crippen LogP contribution in [0.4, 0.5) is 5.69 Å². The van der Waals surface area contributed by atoms with Crippen LogP contribution in [0.25, 0.3) is 0 Å². The summed E-state index contributed by atoms with van der Waals surface area (Å²) in [7, 11) is 0. The molecule has 0 aliphatic carbocycles. The van der Waals surface area contributed by atoms with E-state index in [1.165, 1.54) is 5.56 Å². The van der Waals surface area contributed by atoms with E-state index in [-0.39, 0.29) is 12.5 Å². The Kier molecular flexibility index (Phi) is 8.79. The molecule has 0 saturated heterocycles. The topological polar surface area (TPSA) is 60.0 Å². The number of halogens is 1. The number of ether oxygens (including phenoxy) is 3. The van der Waals surface area contributed by atoms with E-state index in [4.69, 9.17) is 25.8 Å². The van der Waals surface area contributed by atoms with Crippen molar-refractivity contribution in [3.8, 4) is 17.2 Å². The Labute approximate surface area is 205 Å². The number of hydrogen-bond donors (Lipinski definition) is 1. The zero-order valence-corrected chi connectivity index (χ0v) is 19.8. The van der Waals surface area contributed by atoms with Crippen LogP contribution in [-0.4, -0.2) is 50.3 Å². The van der Waals surface area contributed by atoms with Gasteiger partial charge in [0.25, 0.3) is 0 Å². The van der Waals surface area contributed by atoms with Crippen molar-refractivity contribution in [3.05, 3.63) is 83.4 Å². The Morgan fingerprint density at radius 3 is 2.53 bits per heavy atom. The van der Waals surface area contributed by atoms with Gasteiger partial charge in [-0.05, 0) is 55.3 Å². The van der Waals surface area contributed by atoms with Crippen LogP contribution in [0.2, 0.25) is 5.02 Å². The first-order valence-corrected chi connectivity index (χ1v) is 11.9. The van der Waals surface area contributed by atoms with E-state index in [1.807, 2.05) is 42.5 Å². The second-order valence-corrected chi connectivity index (χ2v) is 8.50. The molecule has 0 fully saturated rings. The summed E-state index contributed by atoms with van der Waals surface area (Å²) in [5.74, 6) is 1.52. The second kappa shape index (κ2) is 12.4. The third-order valence-corrected chi connectivity index (χ3v) is 5.71. The van der Waals surface area contributed by atoms with Crippen molar-refractivity contribution in [1.29, 1.82) is 0 Å². The molecular weight excluding hydrogens is 452 g/mol. The summed E-state index contributed by atoms with van der Waals surface area (Å²) in [4.78, 5) is 15.1. The number of amides is 1. The molecule has 0 bridgehead atoms. The number of aryl methyl sites for hydroxylation is 1. The van der Waals surface area contributed by atoms with E-state index >= 15 is 0 Å². The third kappa shape index (κ3) is 7.22. The van der Waals surface area contributed by atoms with Gasteiger partial charge in [-0.1, -0.05) is 54.1 Å². The first-order chi connectivity index (χ1) is 16.7. The molecule has 6 nitrogen and oxygen atoms in total. The van der Waals surface area contributed by atoms with Crippen molar-refractivity contribution >= 4 is 23.2 Å². The Bertz CT molecular complexity index is 1080. The largest absolute Gasteiger partial charge is 0.487 e. The van der Waals surface area contributed by atoms with Gasteiger partial charge in [0, 0.05) is 11.6 Å². The molecular formula is C27H29ClN2O4. The van der Waals surface area contributed by atoms with Crippen molar-refractivity contribution in [3.63, 3.8) is 0 Å². The normalized spacial score (nSPS) is 15.5. The predicted octanol–water partition coefficient (Wildman–Crippen LogP) is 5.41. The van der Waals surface area contributed by atoms with E-state index in [1.54, 1.807) is 18.2 Å². The zero-order valence-electron chi connectivity index (χ0n) is 19.0. The minimum atomic E-state index is -0.133. The molecule has 34 heavy (non-hydrogen) atoms. The number of para-hydroxylation sites is 2. The lowest BCUT2D eigenvalue weighted by Crippen LogP contribution is -2.36. The van der Waals surface area contributed by atoms with Crippen LogP contribution < -0.4 is 14.8 Å². The lowest BCUT2D eigenvalue weighted by atomic mass is 10.1. The quantitative estimate of drug-likeness (QED) is 0.540. The molecule has 3 aromatic rings. The molecule has 0 radical (unpaired) electrons. The number of nitrogens with zero attached hydrogens (tertiary/aromatic N) is 1. The van der Waals surface area contributed by atoms with Gasteiger partial charge in [0.15, 0.2) is 17.2 Å². The summed E-state index contributed by atoms with van der Waals surface area (Å²) in [5.41, 5.74) is 1.81. The smallest absolute Gasteiger partial charge is 0.238 e. The van der Waals surface area contributed by atoms with Gasteiger partial charge in [0.2, 0.25) is 5.91 Å². The average molecular weight is 481 g/mol. The fraction of sp³-hybridized carbons (Fsp3) is 0.296. The van der Waals surface area contributed by atoms with Crippen molar-refractivity contribution in [2.45, 2.75) is 12.8 Å². The van der Waals surface area contributed by atoms with Crippen LogP contribution >= 0.6 is 11.6 Å². The molecule has 178 valence electrons. The van der Waals surface area contributed by atoms with Gasteiger partial charge in [-0.15, -0.1) is 0 Å². The molecule has 1 aliphatic rings. The summed E-state index contributed by atoms with van der Waals surface area (Å²) in [6.45, 7) is 3.05. The fourth-order valence-electron chi connectivity index (χ4n) is 3.78. The van der Waals surface area contributed by atoms with Gasteiger partial charge in [-0.2, -0.15) is 0 Å². The first-order valence-electron chi connectivity index (χ1n) is 11.5. The molecule has 1 heterocycles. The highest BCUT2D eigenvalue weighted by molar-refractivity contribution is 6.31. The van der Waals surface area contributed by atoms with Crippen LogP contribution in [0.5, 0.6) is 17.2 Å². The van der Waals surface area contributed by atoms with E-state index in [2.05, 4.69) is 22.3 Å². The van der Waals surface area contributed by atoms with Crippen LogP contribution in [0, 0.1) is 0 Å². The SMILES string of the molecule is O=C1CN(CCCc2ccccc2)CCOCCOc2ccccc2Oc2ccc(Cl)cc2N1. The molecule has 1 amide bonds. The maximum absolute atomic E-state index is 13.0. The monoisotopic (exact) mass is 480 g/mol. The van der Waals surface area contributed by atoms with Crippen molar-refractivity contribution in [2.24, 2.45) is 0 Å². The molecule has 0 saturated carbocycles. The van der Waals surface area contributed by atoms with E-state index in [9.17, 15) is 4.79 Å². The van der Waals surface area contributed by atoms with Gasteiger partial charge in [-0.25, -0.2) is 0 Å². The van der Waals surface area contributed by atoms with Gasteiger partial charge in [-0.3, -0.25) is 9.69 Å². The molecule has 0 spiro atoms.